The number of hydrogen-bond donors (Lipinski definition) is 1. The van der Waals surface area contributed by atoms with Crippen molar-refractivity contribution in [3.05, 3.63) is 63.6 Å². The molecule has 0 radical (unpaired) electrons. The van der Waals surface area contributed by atoms with Gasteiger partial charge >= 0.3 is 0 Å². The van der Waals surface area contributed by atoms with Crippen LogP contribution in [-0.4, -0.2) is 20.8 Å². The topological polar surface area (TPSA) is 90.0 Å². The van der Waals surface area contributed by atoms with Crippen molar-refractivity contribution in [2.75, 3.05) is 5.32 Å². The quantitative estimate of drug-likeness (QED) is 0.756. The zero-order valence-electron chi connectivity index (χ0n) is 11.8. The summed E-state index contributed by atoms with van der Waals surface area (Å²) in [7, 11) is 0. The fourth-order valence-corrected chi connectivity index (χ4v) is 2.20. The van der Waals surface area contributed by atoms with Crippen LogP contribution in [0.3, 0.4) is 0 Å². The monoisotopic (exact) mass is 374 g/mol. The SMILES string of the molecule is O=C(Cn1nc(-c2ccc(Br)cc2)ccc1=O)Nc1ccon1. The summed E-state index contributed by atoms with van der Waals surface area (Å²) in [5, 5.41) is 10.3. The summed E-state index contributed by atoms with van der Waals surface area (Å²) in [5.74, 6) is -0.131. The third-order valence-electron chi connectivity index (χ3n) is 3.01. The van der Waals surface area contributed by atoms with Gasteiger partial charge in [0.15, 0.2) is 5.82 Å². The number of rotatable bonds is 4. The number of anilines is 1. The van der Waals surface area contributed by atoms with Gasteiger partial charge in [-0.3, -0.25) is 9.59 Å². The van der Waals surface area contributed by atoms with E-state index >= 15 is 0 Å². The second-order valence-corrected chi connectivity index (χ2v) is 5.57. The first-order valence-electron chi connectivity index (χ1n) is 6.66. The highest BCUT2D eigenvalue weighted by molar-refractivity contribution is 9.10. The normalized spacial score (nSPS) is 10.5. The van der Waals surface area contributed by atoms with Gasteiger partial charge in [0.05, 0.1) is 5.69 Å². The Morgan fingerprint density at radius 1 is 1.17 bits per heavy atom. The van der Waals surface area contributed by atoms with E-state index in [-0.39, 0.29) is 17.9 Å². The number of hydrogen-bond acceptors (Lipinski definition) is 5. The van der Waals surface area contributed by atoms with Gasteiger partial charge in [0, 0.05) is 22.2 Å². The highest BCUT2D eigenvalue weighted by Crippen LogP contribution is 2.18. The highest BCUT2D eigenvalue weighted by atomic mass is 79.9. The van der Waals surface area contributed by atoms with E-state index in [1.165, 1.54) is 18.4 Å². The van der Waals surface area contributed by atoms with Gasteiger partial charge in [-0.15, -0.1) is 0 Å². The minimum atomic E-state index is -0.415. The molecule has 0 saturated carbocycles. The van der Waals surface area contributed by atoms with Crippen LogP contribution in [0.1, 0.15) is 0 Å². The Kier molecular flexibility index (Phi) is 4.33. The van der Waals surface area contributed by atoms with Crippen LogP contribution in [0.25, 0.3) is 11.3 Å². The van der Waals surface area contributed by atoms with Crippen LogP contribution in [0, 0.1) is 0 Å². The molecule has 0 spiro atoms. The van der Waals surface area contributed by atoms with E-state index in [9.17, 15) is 9.59 Å². The first kappa shape index (κ1) is 15.2. The maximum absolute atomic E-state index is 11.9. The third kappa shape index (κ3) is 3.72. The maximum atomic E-state index is 11.9. The third-order valence-corrected chi connectivity index (χ3v) is 3.53. The molecular weight excluding hydrogens is 364 g/mol. The lowest BCUT2D eigenvalue weighted by atomic mass is 10.1. The van der Waals surface area contributed by atoms with E-state index in [1.807, 2.05) is 24.3 Å². The number of benzene rings is 1. The molecule has 0 bridgehead atoms. The summed E-state index contributed by atoms with van der Waals surface area (Å²) in [5.41, 5.74) is 1.09. The van der Waals surface area contributed by atoms with E-state index in [4.69, 9.17) is 0 Å². The summed E-state index contributed by atoms with van der Waals surface area (Å²) in [4.78, 5) is 23.8. The van der Waals surface area contributed by atoms with Gasteiger partial charge in [-0.1, -0.05) is 33.2 Å². The first-order chi connectivity index (χ1) is 11.1. The summed E-state index contributed by atoms with van der Waals surface area (Å²) < 4.78 is 6.67. The zero-order chi connectivity index (χ0) is 16.2. The first-order valence-corrected chi connectivity index (χ1v) is 7.45. The predicted octanol–water partition coefficient (Wildman–Crippen LogP) is 2.30. The summed E-state index contributed by atoms with van der Waals surface area (Å²) in [6, 6.07) is 12.0. The Bertz CT molecular complexity index is 872. The summed E-state index contributed by atoms with van der Waals surface area (Å²) in [6.45, 7) is -0.212. The van der Waals surface area contributed by atoms with E-state index in [0.29, 0.717) is 5.69 Å². The molecule has 7 nitrogen and oxygen atoms in total. The minimum Gasteiger partial charge on any atom is -0.363 e. The molecule has 1 N–H and O–H groups in total. The van der Waals surface area contributed by atoms with Crippen LogP contribution < -0.4 is 10.9 Å². The van der Waals surface area contributed by atoms with Gasteiger partial charge in [-0.2, -0.15) is 5.10 Å². The van der Waals surface area contributed by atoms with Crippen molar-refractivity contribution in [3.63, 3.8) is 0 Å². The molecule has 2 aromatic heterocycles. The molecule has 0 aliphatic rings. The summed E-state index contributed by atoms with van der Waals surface area (Å²) in [6.07, 6.45) is 1.34. The molecule has 1 aromatic carbocycles. The molecule has 0 fully saturated rings. The Labute approximate surface area is 139 Å². The van der Waals surface area contributed by atoms with Crippen molar-refractivity contribution >= 4 is 27.7 Å². The van der Waals surface area contributed by atoms with Crippen molar-refractivity contribution in [1.29, 1.82) is 0 Å². The molecule has 1 amide bonds. The predicted molar refractivity (Wildman–Crippen MR) is 86.8 cm³/mol. The zero-order valence-corrected chi connectivity index (χ0v) is 13.4. The van der Waals surface area contributed by atoms with Crippen LogP contribution in [0.2, 0.25) is 0 Å². The largest absolute Gasteiger partial charge is 0.363 e. The Balaban J connectivity index is 1.81. The van der Waals surface area contributed by atoms with Crippen LogP contribution >= 0.6 is 15.9 Å². The number of nitrogens with one attached hydrogen (secondary N) is 1. The second kappa shape index (κ2) is 6.57. The Hall–Kier alpha value is -2.74. The molecule has 23 heavy (non-hydrogen) atoms. The fraction of sp³-hybridized carbons (Fsp3) is 0.0667. The lowest BCUT2D eigenvalue weighted by molar-refractivity contribution is -0.117. The van der Waals surface area contributed by atoms with Gasteiger partial charge in [-0.05, 0) is 18.2 Å². The number of carbonyl (C=O) groups excluding carboxylic acids is 1. The number of amides is 1. The standard InChI is InChI=1S/C15H11BrN4O3/c16-11-3-1-10(2-4-11)12-5-6-15(22)20(18-12)9-14(21)17-13-7-8-23-19-13/h1-8H,9H2,(H,17,19,21). The van der Waals surface area contributed by atoms with Crippen LogP contribution in [-0.2, 0) is 11.3 Å². The molecule has 0 unspecified atom stereocenters. The number of aromatic nitrogens is 3. The van der Waals surface area contributed by atoms with E-state index < -0.39 is 5.91 Å². The fourth-order valence-electron chi connectivity index (χ4n) is 1.93. The van der Waals surface area contributed by atoms with Gasteiger partial charge in [-0.25, -0.2) is 4.68 Å². The van der Waals surface area contributed by atoms with Crippen molar-refractivity contribution < 1.29 is 9.32 Å². The Morgan fingerprint density at radius 2 is 1.96 bits per heavy atom. The van der Waals surface area contributed by atoms with Crippen molar-refractivity contribution in [2.24, 2.45) is 0 Å². The van der Waals surface area contributed by atoms with Crippen LogP contribution in [0.4, 0.5) is 5.82 Å². The molecule has 3 aromatic rings. The molecule has 3 rings (SSSR count). The van der Waals surface area contributed by atoms with Gasteiger partial charge in [0.1, 0.15) is 12.8 Å². The van der Waals surface area contributed by atoms with E-state index in [2.05, 4.69) is 36.0 Å². The molecule has 8 heteroatoms. The molecule has 0 aliphatic heterocycles. The molecule has 2 heterocycles. The van der Waals surface area contributed by atoms with Crippen LogP contribution in [0.5, 0.6) is 0 Å². The smallest absolute Gasteiger partial charge is 0.267 e. The lowest BCUT2D eigenvalue weighted by Gasteiger charge is -2.07. The van der Waals surface area contributed by atoms with Crippen LogP contribution in [0.15, 0.2) is 62.5 Å². The van der Waals surface area contributed by atoms with Gasteiger partial charge in [0.2, 0.25) is 5.91 Å². The average molecular weight is 375 g/mol. The van der Waals surface area contributed by atoms with Crippen molar-refractivity contribution in [2.45, 2.75) is 6.54 Å². The summed E-state index contributed by atoms with van der Waals surface area (Å²) >= 11 is 3.36. The molecular formula is C15H11BrN4O3. The van der Waals surface area contributed by atoms with Crippen molar-refractivity contribution in [1.82, 2.24) is 14.9 Å². The molecule has 0 saturated heterocycles. The number of nitrogens with zero attached hydrogens (tertiary/aromatic N) is 3. The number of halogens is 1. The average Bonchev–Trinajstić information content (AvgIpc) is 3.03. The minimum absolute atomic E-state index is 0.212. The van der Waals surface area contributed by atoms with E-state index in [1.54, 1.807) is 6.07 Å². The van der Waals surface area contributed by atoms with Crippen molar-refractivity contribution in [3.8, 4) is 11.3 Å². The molecule has 116 valence electrons. The molecule has 0 atom stereocenters. The second-order valence-electron chi connectivity index (χ2n) is 4.65. The lowest BCUT2D eigenvalue weighted by Crippen LogP contribution is -2.29. The molecule has 0 aliphatic carbocycles. The number of carbonyl (C=O) groups is 1. The maximum Gasteiger partial charge on any atom is 0.267 e. The Morgan fingerprint density at radius 3 is 2.65 bits per heavy atom. The van der Waals surface area contributed by atoms with E-state index in [0.717, 1.165) is 14.7 Å². The van der Waals surface area contributed by atoms with Gasteiger partial charge in [0.25, 0.3) is 5.56 Å². The van der Waals surface area contributed by atoms with Gasteiger partial charge < -0.3 is 9.84 Å². The highest BCUT2D eigenvalue weighted by Gasteiger charge is 2.09.